The maximum Gasteiger partial charge on any atom is 0.153 e. The number of benzene rings is 2. The maximum absolute atomic E-state index is 4.93. The van der Waals surface area contributed by atoms with E-state index >= 15 is 0 Å². The molecule has 2 aromatic heterocycles. The van der Waals surface area contributed by atoms with Crippen molar-refractivity contribution in [2.75, 3.05) is 18.0 Å². The molecule has 1 aliphatic heterocycles. The summed E-state index contributed by atoms with van der Waals surface area (Å²) in [5.41, 5.74) is 6.88. The zero-order valence-corrected chi connectivity index (χ0v) is 19.8. The summed E-state index contributed by atoms with van der Waals surface area (Å²) in [5.74, 6) is 1.73. The van der Waals surface area contributed by atoms with E-state index in [1.165, 1.54) is 46.1 Å². The summed E-state index contributed by atoms with van der Waals surface area (Å²) in [7, 11) is 0. The predicted molar refractivity (Wildman–Crippen MR) is 137 cm³/mol. The van der Waals surface area contributed by atoms with Gasteiger partial charge in [-0.1, -0.05) is 60.7 Å². The molecule has 0 radical (unpaired) electrons. The third-order valence-electron chi connectivity index (χ3n) is 6.99. The molecule has 1 fully saturated rings. The van der Waals surface area contributed by atoms with Crippen LogP contribution in [0.15, 0.2) is 72.9 Å². The standard InChI is InChI=1S/C28H31N3.ClH/c1-21-22(2)31(19-16-23-10-5-3-6-11-23)27-26(21)15-17-29-28(27)30-18-9-14-25(20-30)24-12-7-4-8-13-24;/h3-8,10-13,15,17,25H,9,14,16,18-20H2,1-2H3;1H. The van der Waals surface area contributed by atoms with Crippen LogP contribution >= 0.6 is 12.4 Å². The summed E-state index contributed by atoms with van der Waals surface area (Å²) in [4.78, 5) is 7.46. The first kappa shape index (κ1) is 22.4. The number of aryl methyl sites for hydroxylation is 3. The summed E-state index contributed by atoms with van der Waals surface area (Å²) in [6, 6.07) is 24.0. The molecule has 0 amide bonds. The molecule has 32 heavy (non-hydrogen) atoms. The molecule has 0 aliphatic carbocycles. The minimum absolute atomic E-state index is 0. The van der Waals surface area contributed by atoms with Crippen LogP contribution in [0.2, 0.25) is 0 Å². The highest BCUT2D eigenvalue weighted by atomic mass is 35.5. The monoisotopic (exact) mass is 445 g/mol. The average molecular weight is 446 g/mol. The van der Waals surface area contributed by atoms with E-state index in [1.807, 2.05) is 6.20 Å². The normalized spacial score (nSPS) is 16.2. The number of fused-ring (bicyclic) bond motifs is 1. The number of hydrogen-bond acceptors (Lipinski definition) is 2. The second kappa shape index (κ2) is 9.79. The largest absolute Gasteiger partial charge is 0.354 e. The van der Waals surface area contributed by atoms with Gasteiger partial charge >= 0.3 is 0 Å². The fourth-order valence-corrected chi connectivity index (χ4v) is 5.14. The molecule has 0 saturated carbocycles. The molecule has 2 aromatic carbocycles. The smallest absolute Gasteiger partial charge is 0.153 e. The molecule has 166 valence electrons. The van der Waals surface area contributed by atoms with Crippen molar-refractivity contribution in [3.8, 4) is 0 Å². The van der Waals surface area contributed by atoms with Gasteiger partial charge in [-0.2, -0.15) is 0 Å². The quantitative estimate of drug-likeness (QED) is 0.340. The second-order valence-corrected chi connectivity index (χ2v) is 8.82. The lowest BCUT2D eigenvalue weighted by Gasteiger charge is -2.34. The first-order chi connectivity index (χ1) is 15.2. The van der Waals surface area contributed by atoms with Crippen LogP contribution in [-0.4, -0.2) is 22.6 Å². The van der Waals surface area contributed by atoms with E-state index in [2.05, 4.69) is 90.0 Å². The third kappa shape index (κ3) is 4.27. The molecular weight excluding hydrogens is 414 g/mol. The Bertz CT molecular complexity index is 1170. The molecule has 4 aromatic rings. The molecule has 3 heterocycles. The van der Waals surface area contributed by atoms with E-state index in [9.17, 15) is 0 Å². The third-order valence-corrected chi connectivity index (χ3v) is 6.99. The molecule has 1 atom stereocenters. The molecule has 1 unspecified atom stereocenters. The van der Waals surface area contributed by atoms with Crippen molar-refractivity contribution in [3.05, 3.63) is 95.3 Å². The van der Waals surface area contributed by atoms with E-state index in [1.54, 1.807) is 0 Å². The summed E-state index contributed by atoms with van der Waals surface area (Å²) >= 11 is 0. The van der Waals surface area contributed by atoms with Crippen LogP contribution in [-0.2, 0) is 13.0 Å². The van der Waals surface area contributed by atoms with Crippen LogP contribution in [0.1, 0.15) is 41.1 Å². The van der Waals surface area contributed by atoms with E-state index in [0.717, 1.165) is 31.9 Å². The number of nitrogens with zero attached hydrogens (tertiary/aromatic N) is 3. The molecular formula is C28H32ClN3. The van der Waals surface area contributed by atoms with Crippen molar-refractivity contribution in [2.45, 2.75) is 45.6 Å². The lowest BCUT2D eigenvalue weighted by atomic mass is 9.90. The minimum Gasteiger partial charge on any atom is -0.354 e. The fourth-order valence-electron chi connectivity index (χ4n) is 5.14. The Balaban J connectivity index is 0.00000245. The van der Waals surface area contributed by atoms with Gasteiger partial charge in [-0.05, 0) is 55.9 Å². The lowest BCUT2D eigenvalue weighted by molar-refractivity contribution is 0.507. The molecule has 3 nitrogen and oxygen atoms in total. The van der Waals surface area contributed by atoms with Gasteiger partial charge in [0.15, 0.2) is 5.82 Å². The van der Waals surface area contributed by atoms with Gasteiger partial charge in [-0.15, -0.1) is 12.4 Å². The minimum atomic E-state index is 0. The number of anilines is 1. The van der Waals surface area contributed by atoms with Crippen molar-refractivity contribution in [1.29, 1.82) is 0 Å². The fraction of sp³-hybridized carbons (Fsp3) is 0.321. The van der Waals surface area contributed by atoms with Crippen LogP contribution in [0.3, 0.4) is 0 Å². The van der Waals surface area contributed by atoms with Crippen molar-refractivity contribution in [3.63, 3.8) is 0 Å². The van der Waals surface area contributed by atoms with Gasteiger partial charge in [0.25, 0.3) is 0 Å². The van der Waals surface area contributed by atoms with Gasteiger partial charge in [0.2, 0.25) is 0 Å². The van der Waals surface area contributed by atoms with Crippen molar-refractivity contribution in [2.24, 2.45) is 0 Å². The van der Waals surface area contributed by atoms with Crippen molar-refractivity contribution < 1.29 is 0 Å². The van der Waals surface area contributed by atoms with Gasteiger partial charge in [0, 0.05) is 42.8 Å². The topological polar surface area (TPSA) is 21.1 Å². The molecule has 0 N–H and O–H groups in total. The average Bonchev–Trinajstić information content (AvgIpc) is 3.09. The predicted octanol–water partition coefficient (Wildman–Crippen LogP) is 6.70. The van der Waals surface area contributed by atoms with E-state index in [4.69, 9.17) is 4.98 Å². The molecule has 5 rings (SSSR count). The van der Waals surface area contributed by atoms with E-state index in [-0.39, 0.29) is 12.4 Å². The number of rotatable bonds is 5. The van der Waals surface area contributed by atoms with Crippen LogP contribution in [0.25, 0.3) is 10.9 Å². The highest BCUT2D eigenvalue weighted by molar-refractivity contribution is 5.93. The van der Waals surface area contributed by atoms with Crippen LogP contribution < -0.4 is 4.90 Å². The second-order valence-electron chi connectivity index (χ2n) is 8.82. The Labute approximate surface area is 197 Å². The number of hydrogen-bond donors (Lipinski definition) is 0. The van der Waals surface area contributed by atoms with Gasteiger partial charge in [0.05, 0.1) is 5.52 Å². The molecule has 1 aliphatic rings. The first-order valence-electron chi connectivity index (χ1n) is 11.5. The number of halogens is 1. The summed E-state index contributed by atoms with van der Waals surface area (Å²) in [6.07, 6.45) is 5.49. The molecule has 1 saturated heterocycles. The highest BCUT2D eigenvalue weighted by Gasteiger charge is 2.25. The summed E-state index contributed by atoms with van der Waals surface area (Å²) in [6.45, 7) is 7.61. The SMILES string of the molecule is Cc1c(C)n(CCc2ccccc2)c2c(N3CCCC(c4ccccc4)C3)nccc12.Cl. The van der Waals surface area contributed by atoms with Crippen LogP contribution in [0, 0.1) is 13.8 Å². The zero-order valence-electron chi connectivity index (χ0n) is 19.0. The Hall–Kier alpha value is -2.78. The zero-order chi connectivity index (χ0) is 21.2. The number of pyridine rings is 1. The van der Waals surface area contributed by atoms with E-state index < -0.39 is 0 Å². The Kier molecular flexibility index (Phi) is 6.86. The van der Waals surface area contributed by atoms with Gasteiger partial charge < -0.3 is 9.47 Å². The summed E-state index contributed by atoms with van der Waals surface area (Å²) in [5, 5.41) is 1.34. The molecule has 4 heteroatoms. The first-order valence-corrected chi connectivity index (χ1v) is 11.5. The molecule has 0 spiro atoms. The molecule has 0 bridgehead atoms. The lowest BCUT2D eigenvalue weighted by Crippen LogP contribution is -2.35. The van der Waals surface area contributed by atoms with E-state index in [0.29, 0.717) is 5.92 Å². The van der Waals surface area contributed by atoms with Crippen LogP contribution in [0.4, 0.5) is 5.82 Å². The van der Waals surface area contributed by atoms with Crippen molar-refractivity contribution >= 4 is 29.1 Å². The Morgan fingerprint density at radius 3 is 2.41 bits per heavy atom. The van der Waals surface area contributed by atoms with Gasteiger partial charge in [-0.25, -0.2) is 4.98 Å². The number of piperidine rings is 1. The highest BCUT2D eigenvalue weighted by Crippen LogP contribution is 2.35. The Morgan fingerprint density at radius 1 is 0.938 bits per heavy atom. The number of aromatic nitrogens is 2. The van der Waals surface area contributed by atoms with Gasteiger partial charge in [0.1, 0.15) is 0 Å². The summed E-state index contributed by atoms with van der Waals surface area (Å²) < 4.78 is 2.51. The van der Waals surface area contributed by atoms with Gasteiger partial charge in [-0.3, -0.25) is 0 Å². The van der Waals surface area contributed by atoms with Crippen molar-refractivity contribution in [1.82, 2.24) is 9.55 Å². The Morgan fingerprint density at radius 2 is 1.66 bits per heavy atom. The van der Waals surface area contributed by atoms with Crippen LogP contribution in [0.5, 0.6) is 0 Å². The maximum atomic E-state index is 4.93.